The molecule has 1 atom stereocenters. The van der Waals surface area contributed by atoms with Crippen LogP contribution in [0.15, 0.2) is 48.5 Å². The minimum absolute atomic E-state index is 0.179. The highest BCUT2D eigenvalue weighted by Crippen LogP contribution is 2.27. The fourth-order valence-corrected chi connectivity index (χ4v) is 3.13. The first-order chi connectivity index (χ1) is 13.9. The van der Waals surface area contributed by atoms with Crippen molar-refractivity contribution < 1.29 is 23.5 Å². The molecule has 0 aliphatic carbocycles. The number of carbonyl (C=O) groups excluding carboxylic acids is 3. The topological polar surface area (TPSA) is 79.0 Å². The van der Waals surface area contributed by atoms with Crippen molar-refractivity contribution in [1.29, 1.82) is 0 Å². The van der Waals surface area contributed by atoms with Crippen LogP contribution >= 0.6 is 0 Å². The van der Waals surface area contributed by atoms with Crippen LogP contribution in [0.25, 0.3) is 0 Å². The second-order valence-corrected chi connectivity index (χ2v) is 6.75. The number of imide groups is 1. The molecule has 2 aromatic carbocycles. The molecule has 0 bridgehead atoms. The van der Waals surface area contributed by atoms with Gasteiger partial charge in [-0.2, -0.15) is 0 Å². The lowest BCUT2D eigenvalue weighted by Gasteiger charge is -2.21. The molecule has 2 aromatic rings. The molecule has 1 heterocycles. The second-order valence-electron chi connectivity index (χ2n) is 6.75. The minimum atomic E-state index is -0.945. The SMILES string of the molecule is COCCN1C(=O)N(c2ccc(C)cc2)C(=O)C1CC(=O)Nc1ccc(F)cc1. The highest BCUT2D eigenvalue weighted by atomic mass is 19.1. The number of benzene rings is 2. The van der Waals surface area contributed by atoms with Gasteiger partial charge in [0.15, 0.2) is 0 Å². The van der Waals surface area contributed by atoms with E-state index in [1.54, 1.807) is 12.1 Å². The molecular weight excluding hydrogens is 377 g/mol. The van der Waals surface area contributed by atoms with E-state index in [-0.39, 0.29) is 19.6 Å². The first-order valence-electron chi connectivity index (χ1n) is 9.16. The quantitative estimate of drug-likeness (QED) is 0.726. The van der Waals surface area contributed by atoms with Gasteiger partial charge < -0.3 is 15.0 Å². The third-order valence-corrected chi connectivity index (χ3v) is 4.65. The number of carbonyl (C=O) groups is 3. The number of hydrogen-bond donors (Lipinski definition) is 1. The van der Waals surface area contributed by atoms with Gasteiger partial charge in [0.1, 0.15) is 11.9 Å². The summed E-state index contributed by atoms with van der Waals surface area (Å²) in [6, 6.07) is 10.9. The Hall–Kier alpha value is -3.26. The van der Waals surface area contributed by atoms with Gasteiger partial charge in [0.05, 0.1) is 18.7 Å². The Morgan fingerprint density at radius 3 is 2.38 bits per heavy atom. The van der Waals surface area contributed by atoms with E-state index in [1.807, 2.05) is 19.1 Å². The van der Waals surface area contributed by atoms with Crippen LogP contribution in [-0.2, 0) is 14.3 Å². The fourth-order valence-electron chi connectivity index (χ4n) is 3.13. The largest absolute Gasteiger partial charge is 0.383 e. The van der Waals surface area contributed by atoms with Crippen LogP contribution in [0, 0.1) is 12.7 Å². The van der Waals surface area contributed by atoms with E-state index in [0.29, 0.717) is 11.4 Å². The van der Waals surface area contributed by atoms with E-state index in [0.717, 1.165) is 10.5 Å². The van der Waals surface area contributed by atoms with Gasteiger partial charge in [0.2, 0.25) is 5.91 Å². The van der Waals surface area contributed by atoms with Crippen LogP contribution in [0.4, 0.5) is 20.6 Å². The maximum absolute atomic E-state index is 13.0. The molecule has 3 rings (SSSR count). The Balaban J connectivity index is 1.79. The van der Waals surface area contributed by atoms with Crippen molar-refractivity contribution in [2.45, 2.75) is 19.4 Å². The molecule has 1 aliphatic rings. The van der Waals surface area contributed by atoms with E-state index in [4.69, 9.17) is 4.74 Å². The fraction of sp³-hybridized carbons (Fsp3) is 0.286. The molecule has 1 fully saturated rings. The smallest absolute Gasteiger partial charge is 0.332 e. The number of rotatable bonds is 7. The normalized spacial score (nSPS) is 16.4. The number of anilines is 2. The lowest BCUT2D eigenvalue weighted by molar-refractivity contribution is -0.124. The number of ether oxygens (including phenoxy) is 1. The predicted octanol–water partition coefficient (Wildman–Crippen LogP) is 2.95. The number of hydrogen-bond acceptors (Lipinski definition) is 4. The molecule has 0 radical (unpaired) electrons. The standard InChI is InChI=1S/C21H22FN3O4/c1-14-3-9-17(10-4-14)25-20(27)18(24(21(25)28)11-12-29-2)13-19(26)23-16-7-5-15(22)6-8-16/h3-10,18H,11-13H2,1-2H3,(H,23,26). The summed E-state index contributed by atoms with van der Waals surface area (Å²) in [4.78, 5) is 40.8. The summed E-state index contributed by atoms with van der Waals surface area (Å²) >= 11 is 0. The molecule has 1 unspecified atom stereocenters. The van der Waals surface area contributed by atoms with Crippen molar-refractivity contribution >= 4 is 29.2 Å². The molecule has 4 amide bonds. The lowest BCUT2D eigenvalue weighted by Crippen LogP contribution is -2.39. The van der Waals surface area contributed by atoms with E-state index in [9.17, 15) is 18.8 Å². The van der Waals surface area contributed by atoms with Crippen LogP contribution < -0.4 is 10.2 Å². The molecular formula is C21H22FN3O4. The van der Waals surface area contributed by atoms with E-state index in [2.05, 4.69) is 5.32 Å². The molecule has 1 aliphatic heterocycles. The molecule has 8 heteroatoms. The lowest BCUT2D eigenvalue weighted by atomic mass is 10.1. The molecule has 0 saturated carbocycles. The second kappa shape index (κ2) is 8.83. The van der Waals surface area contributed by atoms with Gasteiger partial charge in [0.25, 0.3) is 5.91 Å². The summed E-state index contributed by atoms with van der Waals surface area (Å²) in [5, 5.41) is 2.62. The first-order valence-corrected chi connectivity index (χ1v) is 9.16. The van der Waals surface area contributed by atoms with Crippen LogP contribution in [-0.4, -0.2) is 49.0 Å². The number of aryl methyl sites for hydroxylation is 1. The molecule has 7 nitrogen and oxygen atoms in total. The van der Waals surface area contributed by atoms with Crippen molar-refractivity contribution in [1.82, 2.24) is 4.90 Å². The molecule has 0 spiro atoms. The number of methoxy groups -OCH3 is 1. The summed E-state index contributed by atoms with van der Waals surface area (Å²) in [6.45, 7) is 2.32. The minimum Gasteiger partial charge on any atom is -0.383 e. The molecule has 1 N–H and O–H groups in total. The predicted molar refractivity (Wildman–Crippen MR) is 106 cm³/mol. The zero-order valence-electron chi connectivity index (χ0n) is 16.2. The van der Waals surface area contributed by atoms with E-state index in [1.165, 1.54) is 36.3 Å². The van der Waals surface area contributed by atoms with Crippen LogP contribution in [0.1, 0.15) is 12.0 Å². The maximum Gasteiger partial charge on any atom is 0.332 e. The maximum atomic E-state index is 13.0. The summed E-state index contributed by atoms with van der Waals surface area (Å²) in [5.41, 5.74) is 1.86. The Morgan fingerprint density at radius 2 is 1.76 bits per heavy atom. The third kappa shape index (κ3) is 4.60. The third-order valence-electron chi connectivity index (χ3n) is 4.65. The van der Waals surface area contributed by atoms with Crippen molar-refractivity contribution in [3.05, 3.63) is 59.9 Å². The summed E-state index contributed by atoms with van der Waals surface area (Å²) in [6.07, 6.45) is -0.214. The van der Waals surface area contributed by atoms with Crippen molar-refractivity contribution in [3.63, 3.8) is 0 Å². The Bertz CT molecular complexity index is 899. The highest BCUT2D eigenvalue weighted by molar-refractivity contribution is 6.22. The zero-order chi connectivity index (χ0) is 21.0. The van der Waals surface area contributed by atoms with Gasteiger partial charge in [-0.05, 0) is 43.3 Å². The number of urea groups is 1. The Morgan fingerprint density at radius 1 is 1.10 bits per heavy atom. The average molecular weight is 399 g/mol. The summed E-state index contributed by atoms with van der Waals surface area (Å²) in [5.74, 6) is -1.33. The summed E-state index contributed by atoms with van der Waals surface area (Å²) < 4.78 is 18.1. The Labute approximate surface area is 168 Å². The van der Waals surface area contributed by atoms with Gasteiger partial charge >= 0.3 is 6.03 Å². The number of nitrogens with zero attached hydrogens (tertiary/aromatic N) is 2. The van der Waals surface area contributed by atoms with Gasteiger partial charge in [0, 0.05) is 19.3 Å². The highest BCUT2D eigenvalue weighted by Gasteiger charge is 2.46. The van der Waals surface area contributed by atoms with E-state index < -0.39 is 29.7 Å². The van der Waals surface area contributed by atoms with Gasteiger partial charge in [-0.3, -0.25) is 9.59 Å². The number of nitrogens with one attached hydrogen (secondary N) is 1. The average Bonchev–Trinajstić information content (AvgIpc) is 2.92. The molecule has 0 aromatic heterocycles. The van der Waals surface area contributed by atoms with E-state index >= 15 is 0 Å². The summed E-state index contributed by atoms with van der Waals surface area (Å²) in [7, 11) is 1.50. The monoisotopic (exact) mass is 399 g/mol. The van der Waals surface area contributed by atoms with Crippen molar-refractivity contribution in [3.8, 4) is 0 Å². The van der Waals surface area contributed by atoms with Gasteiger partial charge in [-0.15, -0.1) is 0 Å². The van der Waals surface area contributed by atoms with Crippen LogP contribution in [0.5, 0.6) is 0 Å². The molecule has 152 valence electrons. The van der Waals surface area contributed by atoms with Crippen molar-refractivity contribution in [2.75, 3.05) is 30.5 Å². The van der Waals surface area contributed by atoms with Gasteiger partial charge in [-0.1, -0.05) is 17.7 Å². The molecule has 29 heavy (non-hydrogen) atoms. The zero-order valence-corrected chi connectivity index (χ0v) is 16.2. The number of halogens is 1. The Kier molecular flexibility index (Phi) is 6.23. The molecule has 1 saturated heterocycles. The van der Waals surface area contributed by atoms with Crippen LogP contribution in [0.3, 0.4) is 0 Å². The first kappa shape index (κ1) is 20.5. The van der Waals surface area contributed by atoms with Gasteiger partial charge in [-0.25, -0.2) is 14.1 Å². The van der Waals surface area contributed by atoms with Crippen molar-refractivity contribution in [2.24, 2.45) is 0 Å². The number of amides is 4. The van der Waals surface area contributed by atoms with Crippen LogP contribution in [0.2, 0.25) is 0 Å².